The van der Waals surface area contributed by atoms with Crippen LogP contribution in [0.15, 0.2) is 27.6 Å². The molecule has 0 aliphatic carbocycles. The molecule has 10 heteroatoms. The zero-order valence-electron chi connectivity index (χ0n) is 13.1. The zero-order valence-corrected chi connectivity index (χ0v) is 14.7. The molecule has 1 unspecified atom stereocenters. The van der Waals surface area contributed by atoms with Crippen molar-refractivity contribution in [3.63, 3.8) is 0 Å². The molecule has 2 N–H and O–H groups in total. The van der Waals surface area contributed by atoms with Crippen molar-refractivity contribution in [1.29, 1.82) is 0 Å². The smallest absolute Gasteiger partial charge is 0.335 e. The van der Waals surface area contributed by atoms with Crippen molar-refractivity contribution in [2.24, 2.45) is 0 Å². The number of benzene rings is 1. The number of carboxylic acid groups (broad SMARTS) is 1. The fourth-order valence-corrected chi connectivity index (χ4v) is 3.57. The third kappa shape index (κ3) is 3.92. The summed E-state index contributed by atoms with van der Waals surface area (Å²) < 4.78 is 32.3. The molecule has 2 aromatic rings. The van der Waals surface area contributed by atoms with E-state index in [4.69, 9.17) is 21.2 Å². The molecule has 0 spiro atoms. The van der Waals surface area contributed by atoms with E-state index in [0.717, 1.165) is 6.07 Å². The van der Waals surface area contributed by atoms with E-state index in [9.17, 15) is 13.2 Å². The van der Waals surface area contributed by atoms with Crippen molar-refractivity contribution in [3.8, 4) is 0 Å². The van der Waals surface area contributed by atoms with E-state index in [-0.39, 0.29) is 27.3 Å². The van der Waals surface area contributed by atoms with Gasteiger partial charge in [-0.15, -0.1) is 0 Å². The quantitative estimate of drug-likeness (QED) is 0.797. The average Bonchev–Trinajstić information content (AvgIpc) is 2.96. The molecule has 1 aromatic heterocycles. The second-order valence-electron chi connectivity index (χ2n) is 5.44. The van der Waals surface area contributed by atoms with Crippen molar-refractivity contribution in [1.82, 2.24) is 14.9 Å². The minimum absolute atomic E-state index is 0.0352. The molecule has 1 atom stereocenters. The summed E-state index contributed by atoms with van der Waals surface area (Å²) in [6.45, 7) is 5.28. The van der Waals surface area contributed by atoms with Gasteiger partial charge < -0.3 is 9.63 Å². The van der Waals surface area contributed by atoms with Gasteiger partial charge in [-0.05, 0) is 25.1 Å². The molecular weight excluding hydrogens is 358 g/mol. The predicted octanol–water partition coefficient (Wildman–Crippen LogP) is 2.58. The van der Waals surface area contributed by atoms with Crippen LogP contribution in [-0.2, 0) is 10.0 Å². The Hall–Kier alpha value is -1.97. The molecule has 0 aliphatic rings. The van der Waals surface area contributed by atoms with E-state index >= 15 is 0 Å². The number of aromatic carboxylic acids is 1. The number of nitrogens with one attached hydrogen (secondary N) is 1. The molecule has 0 radical (unpaired) electrons. The standard InChI is InChI=1S/C14H16ClN3O5S/c1-7(2)12-16-13(23-17-12)8(3)18-24(21,22)11-6-9(14(19)20)4-5-10(11)15/h4-8,18H,1-3H3,(H,19,20). The van der Waals surface area contributed by atoms with E-state index in [1.807, 2.05) is 13.8 Å². The van der Waals surface area contributed by atoms with Gasteiger partial charge in [-0.25, -0.2) is 13.2 Å². The van der Waals surface area contributed by atoms with Crippen LogP contribution in [0, 0.1) is 0 Å². The summed E-state index contributed by atoms with van der Waals surface area (Å²) in [5, 5.41) is 12.7. The van der Waals surface area contributed by atoms with Crippen LogP contribution in [-0.4, -0.2) is 29.6 Å². The van der Waals surface area contributed by atoms with E-state index in [0.29, 0.717) is 5.82 Å². The van der Waals surface area contributed by atoms with Gasteiger partial charge in [-0.3, -0.25) is 0 Å². The molecule has 24 heavy (non-hydrogen) atoms. The fraction of sp³-hybridized carbons (Fsp3) is 0.357. The molecule has 130 valence electrons. The summed E-state index contributed by atoms with van der Waals surface area (Å²) in [4.78, 5) is 14.8. The number of aromatic nitrogens is 2. The Balaban J connectivity index is 2.30. The number of sulfonamides is 1. The van der Waals surface area contributed by atoms with Crippen LogP contribution in [0.4, 0.5) is 0 Å². The second-order valence-corrected chi connectivity index (χ2v) is 7.53. The number of halogens is 1. The minimum Gasteiger partial charge on any atom is -0.478 e. The summed E-state index contributed by atoms with van der Waals surface area (Å²) >= 11 is 5.90. The van der Waals surface area contributed by atoms with Gasteiger partial charge in [0.1, 0.15) is 4.90 Å². The lowest BCUT2D eigenvalue weighted by Crippen LogP contribution is -2.27. The Morgan fingerprint density at radius 2 is 2.00 bits per heavy atom. The topological polar surface area (TPSA) is 122 Å². The van der Waals surface area contributed by atoms with Crippen LogP contribution in [0.1, 0.15) is 54.8 Å². The van der Waals surface area contributed by atoms with Gasteiger partial charge in [-0.2, -0.15) is 9.71 Å². The van der Waals surface area contributed by atoms with Gasteiger partial charge in [0.2, 0.25) is 15.9 Å². The first-order valence-corrected chi connectivity index (χ1v) is 8.86. The molecule has 1 aromatic carbocycles. The lowest BCUT2D eigenvalue weighted by atomic mass is 10.2. The number of carboxylic acids is 1. The lowest BCUT2D eigenvalue weighted by molar-refractivity contribution is 0.0696. The third-order valence-electron chi connectivity index (χ3n) is 3.14. The molecule has 0 saturated carbocycles. The predicted molar refractivity (Wildman–Crippen MR) is 85.5 cm³/mol. The summed E-state index contributed by atoms with van der Waals surface area (Å²) in [7, 11) is -4.08. The monoisotopic (exact) mass is 373 g/mol. The highest BCUT2D eigenvalue weighted by Gasteiger charge is 2.25. The van der Waals surface area contributed by atoms with Gasteiger partial charge in [0.15, 0.2) is 5.82 Å². The molecule has 0 saturated heterocycles. The first-order valence-electron chi connectivity index (χ1n) is 7.00. The second kappa shape index (κ2) is 6.88. The van der Waals surface area contributed by atoms with Crippen molar-refractivity contribution >= 4 is 27.6 Å². The van der Waals surface area contributed by atoms with E-state index in [2.05, 4.69) is 14.9 Å². The Morgan fingerprint density at radius 1 is 1.33 bits per heavy atom. The SMILES string of the molecule is CC(C)c1noc(C(C)NS(=O)(=O)c2cc(C(=O)O)ccc2Cl)n1. The van der Waals surface area contributed by atoms with Gasteiger partial charge in [0, 0.05) is 5.92 Å². The highest BCUT2D eigenvalue weighted by atomic mass is 35.5. The first kappa shape index (κ1) is 18.4. The number of rotatable bonds is 6. The Kier molecular flexibility index (Phi) is 5.26. The molecule has 0 bridgehead atoms. The highest BCUT2D eigenvalue weighted by molar-refractivity contribution is 7.89. The summed E-state index contributed by atoms with van der Waals surface area (Å²) in [5.74, 6) is -0.655. The number of hydrogen-bond acceptors (Lipinski definition) is 6. The van der Waals surface area contributed by atoms with Crippen molar-refractivity contribution in [2.75, 3.05) is 0 Å². The highest BCUT2D eigenvalue weighted by Crippen LogP contribution is 2.25. The summed E-state index contributed by atoms with van der Waals surface area (Å²) in [6.07, 6.45) is 0. The maximum Gasteiger partial charge on any atom is 0.335 e. The minimum atomic E-state index is -4.08. The largest absolute Gasteiger partial charge is 0.478 e. The molecule has 0 fully saturated rings. The summed E-state index contributed by atoms with van der Waals surface area (Å²) in [6, 6.07) is 2.63. The summed E-state index contributed by atoms with van der Waals surface area (Å²) in [5.41, 5.74) is -0.188. The maximum absolute atomic E-state index is 12.5. The fourth-order valence-electron chi connectivity index (χ4n) is 1.85. The number of nitrogens with zero attached hydrogens (tertiary/aromatic N) is 2. The Labute approximate surface area is 143 Å². The average molecular weight is 374 g/mol. The maximum atomic E-state index is 12.5. The first-order chi connectivity index (χ1) is 11.1. The van der Waals surface area contributed by atoms with E-state index < -0.39 is 22.0 Å². The van der Waals surface area contributed by atoms with Crippen LogP contribution >= 0.6 is 11.6 Å². The van der Waals surface area contributed by atoms with Crippen molar-refractivity contribution in [3.05, 3.63) is 40.5 Å². The van der Waals surface area contributed by atoms with Gasteiger partial charge in [-0.1, -0.05) is 30.6 Å². The van der Waals surface area contributed by atoms with Crippen LogP contribution < -0.4 is 4.72 Å². The van der Waals surface area contributed by atoms with Crippen molar-refractivity contribution < 1.29 is 22.8 Å². The molecular formula is C14H16ClN3O5S. The third-order valence-corrected chi connectivity index (χ3v) is 5.17. The molecule has 1 heterocycles. The number of hydrogen-bond donors (Lipinski definition) is 2. The van der Waals surface area contributed by atoms with E-state index in [1.54, 1.807) is 0 Å². The molecule has 0 aliphatic heterocycles. The van der Waals surface area contributed by atoms with Crippen LogP contribution in [0.3, 0.4) is 0 Å². The van der Waals surface area contributed by atoms with E-state index in [1.165, 1.54) is 19.1 Å². The Bertz CT molecular complexity index is 863. The number of carbonyl (C=O) groups is 1. The van der Waals surface area contributed by atoms with Crippen LogP contribution in [0.5, 0.6) is 0 Å². The zero-order chi connectivity index (χ0) is 18.1. The van der Waals surface area contributed by atoms with Crippen LogP contribution in [0.2, 0.25) is 5.02 Å². The normalized spacial score (nSPS) is 13.2. The Morgan fingerprint density at radius 3 is 2.54 bits per heavy atom. The van der Waals surface area contributed by atoms with Gasteiger partial charge in [0.25, 0.3) is 0 Å². The van der Waals surface area contributed by atoms with Gasteiger partial charge >= 0.3 is 5.97 Å². The van der Waals surface area contributed by atoms with Gasteiger partial charge in [0.05, 0.1) is 16.6 Å². The molecule has 8 nitrogen and oxygen atoms in total. The van der Waals surface area contributed by atoms with Crippen molar-refractivity contribution in [2.45, 2.75) is 37.6 Å². The lowest BCUT2D eigenvalue weighted by Gasteiger charge is -2.12. The van der Waals surface area contributed by atoms with Crippen LogP contribution in [0.25, 0.3) is 0 Å². The molecule has 2 rings (SSSR count). The molecule has 0 amide bonds.